The molecule has 0 aliphatic rings. The lowest BCUT2D eigenvalue weighted by molar-refractivity contribution is -0.143. The highest BCUT2D eigenvalue weighted by atomic mass is 31.1. The standard InChI is InChI=1S/C12H11P.C9H18O2/c1-3-7-11(8-4-1)13-12-9-5-2-6-10-12;1-3-5-6-7-8-9(10)11-4-2/h1-10,13H;3-8H2,1-2H3. The Bertz CT molecular complexity index is 503. The molecule has 0 radical (unpaired) electrons. The van der Waals surface area contributed by atoms with Gasteiger partial charge in [0.2, 0.25) is 0 Å². The van der Waals surface area contributed by atoms with Crippen LogP contribution in [0.15, 0.2) is 60.7 Å². The minimum Gasteiger partial charge on any atom is -0.466 e. The van der Waals surface area contributed by atoms with Crippen LogP contribution in [0.2, 0.25) is 0 Å². The predicted molar refractivity (Wildman–Crippen MR) is 106 cm³/mol. The fourth-order valence-electron chi connectivity index (χ4n) is 2.14. The maximum atomic E-state index is 10.8. The van der Waals surface area contributed by atoms with E-state index in [0.29, 0.717) is 13.0 Å². The molecule has 0 saturated heterocycles. The average Bonchev–Trinajstić information content (AvgIpc) is 2.61. The maximum absolute atomic E-state index is 10.8. The monoisotopic (exact) mass is 344 g/mol. The lowest BCUT2D eigenvalue weighted by Gasteiger charge is -2.00. The molecule has 0 heterocycles. The van der Waals surface area contributed by atoms with Gasteiger partial charge in [-0.25, -0.2) is 0 Å². The molecule has 0 atom stereocenters. The molecule has 24 heavy (non-hydrogen) atoms. The van der Waals surface area contributed by atoms with E-state index in [1.54, 1.807) is 0 Å². The first-order valence-electron chi connectivity index (χ1n) is 8.79. The third-order valence-electron chi connectivity index (χ3n) is 3.38. The quantitative estimate of drug-likeness (QED) is 0.389. The summed E-state index contributed by atoms with van der Waals surface area (Å²) in [5.41, 5.74) is 0. The summed E-state index contributed by atoms with van der Waals surface area (Å²) in [7, 11) is 0.777. The second kappa shape index (κ2) is 13.7. The number of hydrogen-bond donors (Lipinski definition) is 0. The minimum absolute atomic E-state index is 0.0522. The van der Waals surface area contributed by atoms with Gasteiger partial charge >= 0.3 is 5.97 Å². The first-order valence-corrected chi connectivity index (χ1v) is 9.79. The zero-order chi connectivity index (χ0) is 17.5. The summed E-state index contributed by atoms with van der Waals surface area (Å²) in [5, 5.41) is 2.79. The van der Waals surface area contributed by atoms with Gasteiger partial charge in [-0.1, -0.05) is 95.4 Å². The molecule has 0 N–H and O–H groups in total. The summed E-state index contributed by atoms with van der Waals surface area (Å²) in [4.78, 5) is 10.8. The van der Waals surface area contributed by atoms with Crippen molar-refractivity contribution in [2.45, 2.75) is 46.0 Å². The molecule has 2 nitrogen and oxygen atoms in total. The van der Waals surface area contributed by atoms with Crippen molar-refractivity contribution in [1.29, 1.82) is 0 Å². The van der Waals surface area contributed by atoms with Crippen LogP contribution in [0.5, 0.6) is 0 Å². The zero-order valence-corrected chi connectivity index (χ0v) is 15.8. The molecule has 0 fully saturated rings. The summed E-state index contributed by atoms with van der Waals surface area (Å²) >= 11 is 0. The van der Waals surface area contributed by atoms with Crippen LogP contribution < -0.4 is 10.6 Å². The van der Waals surface area contributed by atoms with Gasteiger partial charge in [-0.05, 0) is 24.0 Å². The van der Waals surface area contributed by atoms with Crippen molar-refractivity contribution < 1.29 is 9.53 Å². The van der Waals surface area contributed by atoms with Gasteiger partial charge in [0, 0.05) is 6.42 Å². The molecule has 0 aromatic heterocycles. The zero-order valence-electron chi connectivity index (χ0n) is 14.8. The Labute approximate surface area is 148 Å². The Kier molecular flexibility index (Phi) is 11.7. The van der Waals surface area contributed by atoms with E-state index in [9.17, 15) is 4.79 Å². The fraction of sp³-hybridized carbons (Fsp3) is 0.381. The second-order valence-electron chi connectivity index (χ2n) is 5.47. The van der Waals surface area contributed by atoms with E-state index in [1.165, 1.54) is 23.5 Å². The highest BCUT2D eigenvalue weighted by molar-refractivity contribution is 7.55. The number of unbranched alkanes of at least 4 members (excludes halogenated alkanes) is 3. The third kappa shape index (κ3) is 10.2. The van der Waals surface area contributed by atoms with E-state index in [4.69, 9.17) is 4.74 Å². The van der Waals surface area contributed by atoms with Gasteiger partial charge in [0.15, 0.2) is 0 Å². The van der Waals surface area contributed by atoms with E-state index >= 15 is 0 Å². The van der Waals surface area contributed by atoms with E-state index in [2.05, 4.69) is 67.6 Å². The maximum Gasteiger partial charge on any atom is 0.305 e. The smallest absolute Gasteiger partial charge is 0.305 e. The van der Waals surface area contributed by atoms with Crippen molar-refractivity contribution in [3.8, 4) is 0 Å². The molecule has 0 aliphatic carbocycles. The first-order chi connectivity index (χ1) is 11.8. The number of ether oxygens (including phenoxy) is 1. The van der Waals surface area contributed by atoms with Crippen LogP contribution in [0.3, 0.4) is 0 Å². The van der Waals surface area contributed by atoms with Crippen LogP contribution in [0.1, 0.15) is 46.0 Å². The average molecular weight is 344 g/mol. The normalized spacial score (nSPS) is 9.75. The van der Waals surface area contributed by atoms with Crippen LogP contribution in [-0.4, -0.2) is 12.6 Å². The largest absolute Gasteiger partial charge is 0.466 e. The van der Waals surface area contributed by atoms with Crippen molar-refractivity contribution in [1.82, 2.24) is 0 Å². The van der Waals surface area contributed by atoms with Crippen molar-refractivity contribution in [3.63, 3.8) is 0 Å². The van der Waals surface area contributed by atoms with Gasteiger partial charge < -0.3 is 4.74 Å². The fourth-order valence-corrected chi connectivity index (χ4v) is 3.19. The highest BCUT2D eigenvalue weighted by Crippen LogP contribution is 2.08. The van der Waals surface area contributed by atoms with Gasteiger partial charge in [0.25, 0.3) is 0 Å². The summed E-state index contributed by atoms with van der Waals surface area (Å²) in [6.07, 6.45) is 5.15. The van der Waals surface area contributed by atoms with Gasteiger partial charge in [0.05, 0.1) is 6.61 Å². The Morgan fingerprint density at radius 2 is 1.38 bits per heavy atom. The number of carbonyl (C=O) groups excluding carboxylic acids is 1. The number of rotatable bonds is 8. The van der Waals surface area contributed by atoms with E-state index in [1.807, 2.05) is 6.92 Å². The number of esters is 1. The van der Waals surface area contributed by atoms with E-state index < -0.39 is 0 Å². The van der Waals surface area contributed by atoms with Crippen LogP contribution >= 0.6 is 8.58 Å². The molecule has 0 bridgehead atoms. The third-order valence-corrected chi connectivity index (χ3v) is 4.62. The molecular formula is C21H29O2P. The molecule has 0 aliphatic heterocycles. The van der Waals surface area contributed by atoms with Gasteiger partial charge in [-0.2, -0.15) is 0 Å². The molecule has 3 heteroatoms. The topological polar surface area (TPSA) is 26.3 Å². The number of benzene rings is 2. The van der Waals surface area contributed by atoms with Crippen LogP contribution in [0.4, 0.5) is 0 Å². The van der Waals surface area contributed by atoms with Gasteiger partial charge in [-0.15, -0.1) is 0 Å². The van der Waals surface area contributed by atoms with E-state index in [0.717, 1.165) is 21.4 Å². The number of carbonyl (C=O) groups is 1. The second-order valence-corrected chi connectivity index (χ2v) is 6.88. The summed E-state index contributed by atoms with van der Waals surface area (Å²) in [5.74, 6) is -0.0522. The molecule has 0 saturated carbocycles. The van der Waals surface area contributed by atoms with Crippen molar-refractivity contribution in [3.05, 3.63) is 60.7 Å². The molecular weight excluding hydrogens is 315 g/mol. The summed E-state index contributed by atoms with van der Waals surface area (Å²) in [6, 6.07) is 21.2. The lowest BCUT2D eigenvalue weighted by Crippen LogP contribution is -2.02. The molecule has 130 valence electrons. The van der Waals surface area contributed by atoms with Crippen molar-refractivity contribution >= 4 is 25.2 Å². The molecule has 0 spiro atoms. The van der Waals surface area contributed by atoms with Gasteiger partial charge in [0.1, 0.15) is 0 Å². The van der Waals surface area contributed by atoms with Crippen LogP contribution in [0.25, 0.3) is 0 Å². The molecule has 2 aromatic rings. The van der Waals surface area contributed by atoms with Gasteiger partial charge in [-0.3, -0.25) is 4.79 Å². The molecule has 2 rings (SSSR count). The Balaban J connectivity index is 0.000000245. The predicted octanol–water partition coefficient (Wildman–Crippen LogP) is 4.84. The number of hydrogen-bond acceptors (Lipinski definition) is 2. The van der Waals surface area contributed by atoms with Crippen LogP contribution in [0, 0.1) is 0 Å². The van der Waals surface area contributed by atoms with Crippen LogP contribution in [-0.2, 0) is 9.53 Å². The molecule has 0 unspecified atom stereocenters. The SMILES string of the molecule is CCCCCCC(=O)OCC.c1ccc(Pc2ccccc2)cc1. The lowest BCUT2D eigenvalue weighted by atomic mass is 10.2. The van der Waals surface area contributed by atoms with Crippen molar-refractivity contribution in [2.24, 2.45) is 0 Å². The van der Waals surface area contributed by atoms with E-state index in [-0.39, 0.29) is 5.97 Å². The minimum atomic E-state index is -0.0522. The Morgan fingerprint density at radius 3 is 1.83 bits per heavy atom. The Hall–Kier alpha value is -1.66. The summed E-state index contributed by atoms with van der Waals surface area (Å²) in [6.45, 7) is 4.50. The first kappa shape index (κ1) is 20.4. The highest BCUT2D eigenvalue weighted by Gasteiger charge is 1.99. The molecule has 0 amide bonds. The van der Waals surface area contributed by atoms with Crippen molar-refractivity contribution in [2.75, 3.05) is 6.61 Å². The molecule has 2 aromatic carbocycles. The Morgan fingerprint density at radius 1 is 0.833 bits per heavy atom. The summed E-state index contributed by atoms with van der Waals surface area (Å²) < 4.78 is 4.78.